The van der Waals surface area contributed by atoms with Crippen molar-refractivity contribution >= 4 is 17.8 Å². The smallest absolute Gasteiger partial charge is 0.322 e. The van der Waals surface area contributed by atoms with Crippen molar-refractivity contribution in [2.24, 2.45) is 0 Å². The number of hydrogen-bond donors (Lipinski definition) is 1. The molecule has 0 aromatic heterocycles. The lowest BCUT2D eigenvalue weighted by molar-refractivity contribution is -0.138. The Kier molecular flexibility index (Phi) is 7.21. The van der Waals surface area contributed by atoms with Crippen LogP contribution in [0, 0.1) is 6.92 Å². The Bertz CT molecular complexity index is 1130. The van der Waals surface area contributed by atoms with Gasteiger partial charge in [0.1, 0.15) is 6.54 Å². The summed E-state index contributed by atoms with van der Waals surface area (Å²) >= 11 is 0. The summed E-state index contributed by atoms with van der Waals surface area (Å²) in [7, 11) is 5.60. The standard InChI is InChI=1S/C27H33N5O3/c1-19-10-12-21(13-11-19)25-24-22(30(4)27(35)28-25)17-32(26(24)34)18-23(33)31(15-14-29(2)3)16-20-8-6-5-7-9-20/h5-13,25H,14-18H2,1-4H3,(H,28,35). The van der Waals surface area contributed by atoms with Gasteiger partial charge in [0.2, 0.25) is 5.91 Å². The Hall–Kier alpha value is -3.65. The second-order valence-corrected chi connectivity index (χ2v) is 9.48. The normalized spacial score (nSPS) is 17.7. The van der Waals surface area contributed by atoms with E-state index in [1.54, 1.807) is 16.8 Å². The molecule has 2 aromatic rings. The molecule has 4 rings (SSSR count). The van der Waals surface area contributed by atoms with Crippen LogP contribution in [0.2, 0.25) is 0 Å². The summed E-state index contributed by atoms with van der Waals surface area (Å²) in [4.78, 5) is 46.5. The molecule has 0 saturated carbocycles. The van der Waals surface area contributed by atoms with E-state index in [1.807, 2.05) is 80.5 Å². The Morgan fingerprint density at radius 3 is 2.37 bits per heavy atom. The summed E-state index contributed by atoms with van der Waals surface area (Å²) < 4.78 is 0. The lowest BCUT2D eigenvalue weighted by atomic mass is 9.95. The van der Waals surface area contributed by atoms with Gasteiger partial charge in [-0.3, -0.25) is 14.5 Å². The molecule has 1 unspecified atom stereocenters. The molecule has 0 aliphatic carbocycles. The number of hydrogen-bond acceptors (Lipinski definition) is 4. The van der Waals surface area contributed by atoms with Gasteiger partial charge in [0.15, 0.2) is 0 Å². The van der Waals surface area contributed by atoms with Crippen molar-refractivity contribution < 1.29 is 14.4 Å². The molecule has 184 valence electrons. The minimum absolute atomic E-state index is 0.0330. The first kappa shape index (κ1) is 24.5. The van der Waals surface area contributed by atoms with Crippen LogP contribution in [0.15, 0.2) is 65.9 Å². The predicted octanol–water partition coefficient (Wildman–Crippen LogP) is 2.38. The molecule has 8 nitrogen and oxygen atoms in total. The molecule has 0 fully saturated rings. The van der Waals surface area contributed by atoms with Crippen molar-refractivity contribution in [2.75, 3.05) is 47.3 Å². The third-order valence-electron chi connectivity index (χ3n) is 6.56. The van der Waals surface area contributed by atoms with E-state index in [-0.39, 0.29) is 30.9 Å². The molecule has 0 bridgehead atoms. The second-order valence-electron chi connectivity index (χ2n) is 9.48. The minimum Gasteiger partial charge on any atom is -0.336 e. The first-order valence-electron chi connectivity index (χ1n) is 11.8. The quantitative estimate of drug-likeness (QED) is 0.636. The number of aryl methyl sites for hydroxylation is 1. The zero-order chi connectivity index (χ0) is 25.1. The number of nitrogens with zero attached hydrogens (tertiary/aromatic N) is 4. The highest BCUT2D eigenvalue weighted by Crippen LogP contribution is 2.35. The van der Waals surface area contributed by atoms with Crippen LogP contribution in [-0.2, 0) is 16.1 Å². The van der Waals surface area contributed by atoms with Crippen molar-refractivity contribution in [3.63, 3.8) is 0 Å². The predicted molar refractivity (Wildman–Crippen MR) is 134 cm³/mol. The molecule has 2 aromatic carbocycles. The molecule has 2 aliphatic rings. The van der Waals surface area contributed by atoms with Crippen LogP contribution >= 0.6 is 0 Å². The van der Waals surface area contributed by atoms with Crippen molar-refractivity contribution in [1.82, 2.24) is 24.9 Å². The fourth-order valence-electron chi connectivity index (χ4n) is 4.44. The maximum absolute atomic E-state index is 13.5. The fourth-order valence-corrected chi connectivity index (χ4v) is 4.44. The number of likely N-dealkylation sites (N-methyl/N-ethyl adjacent to an activating group) is 2. The average Bonchev–Trinajstić information content (AvgIpc) is 3.16. The second kappa shape index (κ2) is 10.3. The summed E-state index contributed by atoms with van der Waals surface area (Å²) in [6, 6.07) is 16.9. The van der Waals surface area contributed by atoms with Gasteiger partial charge in [-0.25, -0.2) is 4.79 Å². The van der Waals surface area contributed by atoms with Gasteiger partial charge in [0.25, 0.3) is 5.91 Å². The van der Waals surface area contributed by atoms with Crippen LogP contribution in [0.1, 0.15) is 22.7 Å². The minimum atomic E-state index is -0.531. The molecule has 0 saturated heterocycles. The Morgan fingerprint density at radius 2 is 1.71 bits per heavy atom. The number of carbonyl (C=O) groups excluding carboxylic acids is 3. The highest BCUT2D eigenvalue weighted by Gasteiger charge is 2.43. The van der Waals surface area contributed by atoms with Crippen LogP contribution in [0.25, 0.3) is 0 Å². The summed E-state index contributed by atoms with van der Waals surface area (Å²) in [5, 5.41) is 2.95. The topological polar surface area (TPSA) is 76.2 Å². The maximum atomic E-state index is 13.5. The largest absolute Gasteiger partial charge is 0.336 e. The SMILES string of the molecule is Cc1ccc(C2NC(=O)N(C)C3=C2C(=O)N(CC(=O)N(CCN(C)C)Cc2ccccc2)C3)cc1. The molecule has 4 amide bonds. The van der Waals surface area contributed by atoms with Gasteiger partial charge in [-0.1, -0.05) is 60.2 Å². The van der Waals surface area contributed by atoms with Gasteiger partial charge in [-0.2, -0.15) is 0 Å². The van der Waals surface area contributed by atoms with E-state index in [4.69, 9.17) is 0 Å². The van der Waals surface area contributed by atoms with E-state index in [9.17, 15) is 14.4 Å². The van der Waals surface area contributed by atoms with Gasteiger partial charge in [0, 0.05) is 26.7 Å². The molecular formula is C27H33N5O3. The fraction of sp³-hybridized carbons (Fsp3) is 0.370. The third kappa shape index (κ3) is 5.38. The van der Waals surface area contributed by atoms with Crippen LogP contribution in [0.4, 0.5) is 4.79 Å². The van der Waals surface area contributed by atoms with Crippen LogP contribution in [0.3, 0.4) is 0 Å². The zero-order valence-electron chi connectivity index (χ0n) is 20.8. The third-order valence-corrected chi connectivity index (χ3v) is 6.56. The van der Waals surface area contributed by atoms with E-state index >= 15 is 0 Å². The van der Waals surface area contributed by atoms with E-state index in [0.29, 0.717) is 24.4 Å². The first-order valence-corrected chi connectivity index (χ1v) is 11.8. The lowest BCUT2D eigenvalue weighted by Crippen LogP contribution is -2.45. The van der Waals surface area contributed by atoms with Crippen LogP contribution in [0.5, 0.6) is 0 Å². The summed E-state index contributed by atoms with van der Waals surface area (Å²) in [5.41, 5.74) is 4.18. The van der Waals surface area contributed by atoms with Crippen molar-refractivity contribution in [3.05, 3.63) is 82.6 Å². The molecule has 2 aliphatic heterocycles. The molecular weight excluding hydrogens is 442 g/mol. The van der Waals surface area contributed by atoms with E-state index in [0.717, 1.165) is 23.2 Å². The molecule has 0 radical (unpaired) electrons. The Labute approximate surface area is 206 Å². The average molecular weight is 476 g/mol. The number of nitrogens with one attached hydrogen (secondary N) is 1. The molecule has 2 heterocycles. The van der Waals surface area contributed by atoms with Gasteiger partial charge >= 0.3 is 6.03 Å². The Balaban J connectivity index is 1.53. The van der Waals surface area contributed by atoms with Gasteiger partial charge in [-0.15, -0.1) is 0 Å². The van der Waals surface area contributed by atoms with Crippen LogP contribution in [-0.4, -0.2) is 84.8 Å². The summed E-state index contributed by atoms with van der Waals surface area (Å²) in [6.07, 6.45) is 0. The summed E-state index contributed by atoms with van der Waals surface area (Å²) in [6.45, 7) is 3.95. The number of amides is 4. The molecule has 8 heteroatoms. The number of rotatable bonds is 8. The maximum Gasteiger partial charge on any atom is 0.322 e. The zero-order valence-corrected chi connectivity index (χ0v) is 20.8. The van der Waals surface area contributed by atoms with Crippen molar-refractivity contribution in [2.45, 2.75) is 19.5 Å². The number of urea groups is 1. The van der Waals surface area contributed by atoms with E-state index in [2.05, 4.69) is 5.32 Å². The number of carbonyl (C=O) groups is 3. The van der Waals surface area contributed by atoms with E-state index < -0.39 is 6.04 Å². The summed E-state index contributed by atoms with van der Waals surface area (Å²) in [5.74, 6) is -0.323. The van der Waals surface area contributed by atoms with Gasteiger partial charge in [-0.05, 0) is 32.1 Å². The van der Waals surface area contributed by atoms with Gasteiger partial charge < -0.3 is 20.0 Å². The van der Waals surface area contributed by atoms with Crippen molar-refractivity contribution in [3.8, 4) is 0 Å². The number of benzene rings is 2. The molecule has 35 heavy (non-hydrogen) atoms. The lowest BCUT2D eigenvalue weighted by Gasteiger charge is -2.31. The highest BCUT2D eigenvalue weighted by molar-refractivity contribution is 6.02. The van der Waals surface area contributed by atoms with E-state index in [1.165, 1.54) is 4.90 Å². The van der Waals surface area contributed by atoms with Crippen molar-refractivity contribution in [1.29, 1.82) is 0 Å². The molecule has 1 N–H and O–H groups in total. The highest BCUT2D eigenvalue weighted by atomic mass is 16.2. The first-order chi connectivity index (χ1) is 16.7. The molecule has 1 atom stereocenters. The Morgan fingerprint density at radius 1 is 1.03 bits per heavy atom. The van der Waals surface area contributed by atoms with Gasteiger partial charge in [0.05, 0.1) is 23.9 Å². The van der Waals surface area contributed by atoms with Crippen LogP contribution < -0.4 is 5.32 Å². The molecule has 0 spiro atoms. The monoisotopic (exact) mass is 475 g/mol.